The van der Waals surface area contributed by atoms with Crippen molar-refractivity contribution in [3.8, 4) is 6.07 Å². The maximum absolute atomic E-state index is 11.9. The number of nitrogens with zero attached hydrogens (tertiary/aromatic N) is 5. The van der Waals surface area contributed by atoms with E-state index < -0.39 is 5.60 Å². The van der Waals surface area contributed by atoms with Gasteiger partial charge in [-0.15, -0.1) is 0 Å². The van der Waals surface area contributed by atoms with Crippen molar-refractivity contribution in [2.45, 2.75) is 78.4 Å². The van der Waals surface area contributed by atoms with Crippen LogP contribution < -0.4 is 16.4 Å². The maximum atomic E-state index is 11.9. The third-order valence-electron chi connectivity index (χ3n) is 7.17. The highest BCUT2D eigenvalue weighted by molar-refractivity contribution is 6.06. The molecule has 0 radical (unpaired) electrons. The summed E-state index contributed by atoms with van der Waals surface area (Å²) in [7, 11) is 0. The lowest BCUT2D eigenvalue weighted by Crippen LogP contribution is -2.34. The fourth-order valence-electron chi connectivity index (χ4n) is 5.08. The smallest absolute Gasteiger partial charge is 0.308 e. The number of carbonyl (C=O) groups excluding carboxylic acids is 1. The van der Waals surface area contributed by atoms with E-state index >= 15 is 0 Å². The second-order valence-electron chi connectivity index (χ2n) is 12.1. The molecule has 46 heavy (non-hydrogen) atoms. The molecule has 0 saturated heterocycles. The van der Waals surface area contributed by atoms with E-state index in [1.54, 1.807) is 12.1 Å². The van der Waals surface area contributed by atoms with Gasteiger partial charge in [0.15, 0.2) is 11.8 Å². The molecule has 0 aliphatic carbocycles. The van der Waals surface area contributed by atoms with Crippen molar-refractivity contribution in [1.82, 2.24) is 19.9 Å². The molecule has 4 N–H and O–H groups in total. The molecule has 0 unspecified atom stereocenters. The number of nitrogens with two attached hydrogens (primary N) is 1. The Bertz CT molecular complexity index is 1680. The zero-order valence-corrected chi connectivity index (χ0v) is 27.4. The van der Waals surface area contributed by atoms with Gasteiger partial charge in [0.2, 0.25) is 0 Å². The number of rotatable bonds is 15. The Kier molecular flexibility index (Phi) is 12.3. The molecule has 0 aliphatic rings. The van der Waals surface area contributed by atoms with Crippen LogP contribution in [-0.4, -0.2) is 58.4 Å². The number of nitriles is 1. The van der Waals surface area contributed by atoms with E-state index in [1.165, 1.54) is 0 Å². The number of unbranched alkanes of at least 4 members (excludes halogenated alkanes) is 2. The molecule has 2 aromatic carbocycles. The molecular weight excluding hydrogens is 580 g/mol. The number of fused-ring (bicyclic) bond motifs is 3. The van der Waals surface area contributed by atoms with Crippen LogP contribution in [0.1, 0.15) is 71.2 Å². The van der Waals surface area contributed by atoms with E-state index in [0.717, 1.165) is 72.1 Å². The third-order valence-corrected chi connectivity index (χ3v) is 7.17. The van der Waals surface area contributed by atoms with Crippen molar-refractivity contribution in [3.05, 3.63) is 59.9 Å². The number of ether oxygens (including phenoxy) is 2. The first-order valence-corrected chi connectivity index (χ1v) is 16.1. The Labute approximate surface area is 271 Å². The molecule has 4 aromatic rings. The van der Waals surface area contributed by atoms with Gasteiger partial charge < -0.3 is 30.4 Å². The minimum absolute atomic E-state index is 0.197. The molecule has 11 nitrogen and oxygen atoms in total. The van der Waals surface area contributed by atoms with E-state index in [0.29, 0.717) is 37.0 Å². The summed E-state index contributed by atoms with van der Waals surface area (Å²) in [5.74, 6) is 1.81. The molecule has 0 fully saturated rings. The summed E-state index contributed by atoms with van der Waals surface area (Å²) < 4.78 is 13.3. The lowest BCUT2D eigenvalue weighted by Gasteiger charge is -2.19. The Morgan fingerprint density at radius 3 is 2.70 bits per heavy atom. The summed E-state index contributed by atoms with van der Waals surface area (Å²) >= 11 is 0. The van der Waals surface area contributed by atoms with Crippen LogP contribution in [0.3, 0.4) is 0 Å². The number of guanidine groups is 1. The van der Waals surface area contributed by atoms with Gasteiger partial charge in [-0.25, -0.2) is 9.97 Å². The fraction of sp³-hybridized carbons (Fsp3) is 0.457. The number of imidazole rings is 1. The van der Waals surface area contributed by atoms with E-state index in [4.69, 9.17) is 25.2 Å². The number of carbonyl (C=O) groups is 1. The number of aliphatic imine (C=N–C) groups is 1. The molecule has 0 bridgehead atoms. The van der Waals surface area contributed by atoms with Crippen molar-refractivity contribution in [2.75, 3.05) is 37.4 Å². The summed E-state index contributed by atoms with van der Waals surface area (Å²) in [5, 5.41) is 17.0. The Hall–Kier alpha value is -4.69. The number of nitrogen functional groups attached to an aromatic ring is 1. The van der Waals surface area contributed by atoms with Crippen molar-refractivity contribution < 1.29 is 14.3 Å². The van der Waals surface area contributed by atoms with Gasteiger partial charge in [0, 0.05) is 37.1 Å². The molecule has 0 aliphatic heterocycles. The fourth-order valence-corrected chi connectivity index (χ4v) is 5.08. The minimum Gasteiger partial charge on any atom is -0.460 e. The van der Waals surface area contributed by atoms with Crippen LogP contribution in [-0.2, 0) is 27.2 Å². The van der Waals surface area contributed by atoms with Crippen LogP contribution >= 0.6 is 0 Å². The van der Waals surface area contributed by atoms with E-state index in [2.05, 4.69) is 39.2 Å². The van der Waals surface area contributed by atoms with Crippen molar-refractivity contribution in [2.24, 2.45) is 4.99 Å². The SMILES string of the molecule is CCCCc1nc2c(N)nc3ccccc3c2n1CCCCN=C(NCCOCCC(=O)OC(C)(C)C)Nc1cccc(C#N)c1. The predicted molar refractivity (Wildman–Crippen MR) is 184 cm³/mol. The summed E-state index contributed by atoms with van der Waals surface area (Å²) in [5.41, 5.74) is 9.86. The normalized spacial score (nSPS) is 11.9. The zero-order chi connectivity index (χ0) is 32.9. The van der Waals surface area contributed by atoms with Crippen molar-refractivity contribution >= 4 is 45.4 Å². The molecule has 0 spiro atoms. The number of benzene rings is 2. The van der Waals surface area contributed by atoms with Gasteiger partial charge in [0.1, 0.15) is 16.9 Å². The summed E-state index contributed by atoms with van der Waals surface area (Å²) in [4.78, 5) is 26.3. The standard InChI is InChI=1S/C35H46N8O3/c1-5-6-16-29-42-31-32(27-14-7-8-15-28(27)41-33(31)37)43(29)20-10-9-18-38-34(40-26-13-11-12-25(23-26)24-36)39-19-22-45-21-17-30(44)46-35(2,3)4/h7-8,11-15,23H,5-6,9-10,16-22H2,1-4H3,(H2,37,41)(H2,38,39,40). The molecular formula is C35H46N8O3. The second-order valence-corrected chi connectivity index (χ2v) is 12.1. The highest BCUT2D eigenvalue weighted by atomic mass is 16.6. The molecule has 2 heterocycles. The Morgan fingerprint density at radius 1 is 1.09 bits per heavy atom. The first kappa shape index (κ1) is 34.2. The number of hydrogen-bond acceptors (Lipinski definition) is 8. The Balaban J connectivity index is 1.39. The summed E-state index contributed by atoms with van der Waals surface area (Å²) in [6.07, 6.45) is 4.97. The number of aromatic nitrogens is 3. The van der Waals surface area contributed by atoms with E-state index in [1.807, 2.05) is 51.1 Å². The van der Waals surface area contributed by atoms with Crippen LogP contribution in [0.25, 0.3) is 21.9 Å². The van der Waals surface area contributed by atoms with Crippen LogP contribution in [0.5, 0.6) is 0 Å². The van der Waals surface area contributed by atoms with Crippen molar-refractivity contribution in [1.29, 1.82) is 5.26 Å². The van der Waals surface area contributed by atoms with Gasteiger partial charge in [-0.05, 0) is 64.3 Å². The van der Waals surface area contributed by atoms with Crippen LogP contribution in [0, 0.1) is 11.3 Å². The minimum atomic E-state index is -0.512. The number of pyridine rings is 1. The molecule has 2 aromatic heterocycles. The number of para-hydroxylation sites is 1. The highest BCUT2D eigenvalue weighted by Gasteiger charge is 2.17. The topological polar surface area (TPSA) is 152 Å². The second kappa shape index (κ2) is 16.6. The highest BCUT2D eigenvalue weighted by Crippen LogP contribution is 2.29. The molecule has 0 saturated carbocycles. The molecule has 244 valence electrons. The van der Waals surface area contributed by atoms with E-state index in [-0.39, 0.29) is 19.0 Å². The van der Waals surface area contributed by atoms with E-state index in [9.17, 15) is 10.1 Å². The quantitative estimate of drug-likeness (QED) is 0.0627. The third kappa shape index (κ3) is 9.91. The maximum Gasteiger partial charge on any atom is 0.308 e. The molecule has 4 rings (SSSR count). The van der Waals surface area contributed by atoms with Crippen molar-refractivity contribution in [3.63, 3.8) is 0 Å². The van der Waals surface area contributed by atoms with Gasteiger partial charge in [-0.2, -0.15) is 5.26 Å². The monoisotopic (exact) mass is 626 g/mol. The average Bonchev–Trinajstić information content (AvgIpc) is 3.39. The Morgan fingerprint density at radius 2 is 1.91 bits per heavy atom. The number of nitrogens with one attached hydrogen (secondary N) is 2. The lowest BCUT2D eigenvalue weighted by atomic mass is 10.2. The number of esters is 1. The zero-order valence-electron chi connectivity index (χ0n) is 27.4. The van der Waals surface area contributed by atoms with Gasteiger partial charge in [0.05, 0.1) is 42.3 Å². The van der Waals surface area contributed by atoms with Gasteiger partial charge in [-0.3, -0.25) is 9.79 Å². The van der Waals surface area contributed by atoms with Crippen LogP contribution in [0.4, 0.5) is 11.5 Å². The summed E-state index contributed by atoms with van der Waals surface area (Å²) in [6.45, 7) is 10.3. The first-order chi connectivity index (χ1) is 22.2. The molecule has 11 heteroatoms. The summed E-state index contributed by atoms with van der Waals surface area (Å²) in [6, 6.07) is 17.5. The number of hydrogen-bond donors (Lipinski definition) is 3. The van der Waals surface area contributed by atoms with Gasteiger partial charge in [-0.1, -0.05) is 37.6 Å². The molecule has 0 amide bonds. The molecule has 0 atom stereocenters. The van der Waals surface area contributed by atoms with Gasteiger partial charge >= 0.3 is 5.97 Å². The average molecular weight is 627 g/mol. The van der Waals surface area contributed by atoms with Crippen LogP contribution in [0.2, 0.25) is 0 Å². The van der Waals surface area contributed by atoms with Crippen LogP contribution in [0.15, 0.2) is 53.5 Å². The predicted octanol–water partition coefficient (Wildman–Crippen LogP) is 5.97. The van der Waals surface area contributed by atoms with Gasteiger partial charge in [0.25, 0.3) is 0 Å². The largest absolute Gasteiger partial charge is 0.460 e. The number of anilines is 2. The number of aryl methyl sites for hydroxylation is 2. The first-order valence-electron chi connectivity index (χ1n) is 16.1. The lowest BCUT2D eigenvalue weighted by molar-refractivity contribution is -0.156.